The molecule has 0 atom stereocenters. The molecule has 0 radical (unpaired) electrons. The van der Waals surface area contributed by atoms with Crippen LogP contribution in [0.5, 0.6) is 5.75 Å². The number of aromatic hydroxyl groups is 1. The summed E-state index contributed by atoms with van der Waals surface area (Å²) in [6, 6.07) is 8.82. The molecule has 0 unspecified atom stereocenters. The molecule has 1 amide bonds. The van der Waals surface area contributed by atoms with E-state index < -0.39 is 5.60 Å². The fourth-order valence-corrected chi connectivity index (χ4v) is 4.12. The number of nitrogens with zero attached hydrogens (tertiary/aromatic N) is 5. The van der Waals surface area contributed by atoms with Gasteiger partial charge in [0.1, 0.15) is 11.4 Å². The highest BCUT2D eigenvalue weighted by Gasteiger charge is 2.26. The Hall–Kier alpha value is -3.62. The Morgan fingerprint density at radius 1 is 1.18 bits per heavy atom. The summed E-state index contributed by atoms with van der Waals surface area (Å²) in [6.45, 7) is 7.88. The summed E-state index contributed by atoms with van der Waals surface area (Å²) in [4.78, 5) is 14.1. The van der Waals surface area contributed by atoms with Gasteiger partial charge in [-0.2, -0.15) is 5.10 Å². The van der Waals surface area contributed by atoms with Crippen LogP contribution in [0.3, 0.4) is 0 Å². The molecule has 9 heteroatoms. The standard InChI is InChI=1S/C25H32N6O3/c1-25(2,3)34-24(33)30-11-8-17(9-12-30)10-13-31-16-18(15-27-31)20-14-21(28-29-23(20)26)19-6-4-5-7-22(19)32/h4-7,14-17,32H,8-13H2,1-3H3,(H2,26,29). The number of carbonyl (C=O) groups is 1. The first-order valence-electron chi connectivity index (χ1n) is 11.6. The number of hydrogen-bond acceptors (Lipinski definition) is 7. The topological polar surface area (TPSA) is 119 Å². The highest BCUT2D eigenvalue weighted by atomic mass is 16.6. The van der Waals surface area contributed by atoms with Gasteiger partial charge in [-0.1, -0.05) is 12.1 Å². The minimum Gasteiger partial charge on any atom is -0.507 e. The number of piperidine rings is 1. The minimum absolute atomic E-state index is 0.140. The van der Waals surface area contributed by atoms with Gasteiger partial charge in [0.15, 0.2) is 5.82 Å². The fraction of sp³-hybridized carbons (Fsp3) is 0.440. The Balaban J connectivity index is 1.36. The summed E-state index contributed by atoms with van der Waals surface area (Å²) in [5.74, 6) is 0.987. The highest BCUT2D eigenvalue weighted by Crippen LogP contribution is 2.32. The maximum Gasteiger partial charge on any atom is 0.410 e. The third-order valence-electron chi connectivity index (χ3n) is 5.98. The fourth-order valence-electron chi connectivity index (χ4n) is 4.12. The first kappa shape index (κ1) is 23.5. The SMILES string of the molecule is CC(C)(C)OC(=O)N1CCC(CCn2cc(-c3cc(-c4ccccc4O)nnc3N)cn2)CC1. The molecule has 1 aliphatic heterocycles. The lowest BCUT2D eigenvalue weighted by molar-refractivity contribution is 0.0179. The maximum atomic E-state index is 12.3. The van der Waals surface area contributed by atoms with Gasteiger partial charge in [-0.25, -0.2) is 4.79 Å². The average Bonchev–Trinajstić information content (AvgIpc) is 3.26. The zero-order valence-electron chi connectivity index (χ0n) is 19.9. The van der Waals surface area contributed by atoms with E-state index in [1.807, 2.05) is 43.8 Å². The van der Waals surface area contributed by atoms with Crippen LogP contribution in [0.2, 0.25) is 0 Å². The monoisotopic (exact) mass is 464 g/mol. The van der Waals surface area contributed by atoms with Crippen LogP contribution >= 0.6 is 0 Å². The van der Waals surface area contributed by atoms with Crippen molar-refractivity contribution in [3.05, 3.63) is 42.7 Å². The second-order valence-electron chi connectivity index (χ2n) is 9.74. The van der Waals surface area contributed by atoms with E-state index in [1.54, 1.807) is 29.3 Å². The first-order chi connectivity index (χ1) is 16.2. The molecule has 1 aromatic carbocycles. The lowest BCUT2D eigenvalue weighted by Crippen LogP contribution is -2.41. The van der Waals surface area contributed by atoms with E-state index in [2.05, 4.69) is 15.3 Å². The Kier molecular flexibility index (Phi) is 6.72. The quantitative estimate of drug-likeness (QED) is 0.577. The van der Waals surface area contributed by atoms with Crippen molar-refractivity contribution in [3.8, 4) is 28.1 Å². The van der Waals surface area contributed by atoms with E-state index in [4.69, 9.17) is 10.5 Å². The van der Waals surface area contributed by atoms with Crippen molar-refractivity contribution in [3.63, 3.8) is 0 Å². The number of phenolic OH excluding ortho intramolecular Hbond substituents is 1. The summed E-state index contributed by atoms with van der Waals surface area (Å²) in [6.07, 6.45) is 6.40. The molecule has 0 saturated carbocycles. The molecular formula is C25H32N6O3. The summed E-state index contributed by atoms with van der Waals surface area (Å²) in [7, 11) is 0. The number of ether oxygens (including phenoxy) is 1. The van der Waals surface area contributed by atoms with Gasteiger partial charge in [0, 0.05) is 42.5 Å². The molecule has 4 rings (SSSR count). The third-order valence-corrected chi connectivity index (χ3v) is 5.98. The van der Waals surface area contributed by atoms with Crippen LogP contribution in [0.25, 0.3) is 22.4 Å². The van der Waals surface area contributed by atoms with Gasteiger partial charge >= 0.3 is 6.09 Å². The molecule has 1 saturated heterocycles. The predicted molar refractivity (Wildman–Crippen MR) is 130 cm³/mol. The number of nitrogen functional groups attached to an aromatic ring is 1. The zero-order chi connectivity index (χ0) is 24.3. The van der Waals surface area contributed by atoms with Gasteiger partial charge in [0.25, 0.3) is 0 Å². The highest BCUT2D eigenvalue weighted by molar-refractivity contribution is 5.78. The molecule has 3 N–H and O–H groups in total. The lowest BCUT2D eigenvalue weighted by Gasteiger charge is -2.33. The van der Waals surface area contributed by atoms with Crippen LogP contribution < -0.4 is 5.73 Å². The van der Waals surface area contributed by atoms with Crippen LogP contribution in [0, 0.1) is 5.92 Å². The molecule has 0 bridgehead atoms. The smallest absolute Gasteiger partial charge is 0.410 e. The van der Waals surface area contributed by atoms with Crippen LogP contribution in [-0.2, 0) is 11.3 Å². The Bertz CT molecular complexity index is 1150. The Labute approximate surface area is 199 Å². The van der Waals surface area contributed by atoms with Crippen molar-refractivity contribution in [2.24, 2.45) is 5.92 Å². The normalized spacial score (nSPS) is 14.9. The Morgan fingerprint density at radius 2 is 1.91 bits per heavy atom. The number of likely N-dealkylation sites (tertiary alicyclic amines) is 1. The zero-order valence-corrected chi connectivity index (χ0v) is 19.9. The molecule has 3 aromatic rings. The van der Waals surface area contributed by atoms with Crippen molar-refractivity contribution in [2.75, 3.05) is 18.8 Å². The first-order valence-corrected chi connectivity index (χ1v) is 11.6. The maximum absolute atomic E-state index is 12.3. The van der Waals surface area contributed by atoms with E-state index in [0.29, 0.717) is 23.0 Å². The average molecular weight is 465 g/mol. The number of hydrogen-bond donors (Lipinski definition) is 2. The molecule has 3 heterocycles. The molecule has 1 fully saturated rings. The Morgan fingerprint density at radius 3 is 2.62 bits per heavy atom. The number of benzene rings is 1. The number of anilines is 1. The van der Waals surface area contributed by atoms with Crippen LogP contribution in [-0.4, -0.2) is 54.8 Å². The van der Waals surface area contributed by atoms with Crippen molar-refractivity contribution in [1.82, 2.24) is 24.9 Å². The number of para-hydroxylation sites is 1. The van der Waals surface area contributed by atoms with Crippen molar-refractivity contribution >= 4 is 11.9 Å². The molecule has 180 valence electrons. The van der Waals surface area contributed by atoms with Crippen molar-refractivity contribution in [2.45, 2.75) is 52.2 Å². The molecule has 34 heavy (non-hydrogen) atoms. The number of rotatable bonds is 5. The predicted octanol–water partition coefficient (Wildman–Crippen LogP) is 4.33. The molecule has 1 aliphatic rings. The van der Waals surface area contributed by atoms with Gasteiger partial charge in [-0.15, -0.1) is 10.2 Å². The van der Waals surface area contributed by atoms with Gasteiger partial charge in [0.2, 0.25) is 0 Å². The van der Waals surface area contributed by atoms with Crippen LogP contribution in [0.1, 0.15) is 40.0 Å². The van der Waals surface area contributed by atoms with E-state index in [-0.39, 0.29) is 11.8 Å². The number of aromatic nitrogens is 4. The summed E-state index contributed by atoms with van der Waals surface area (Å²) < 4.78 is 7.39. The van der Waals surface area contributed by atoms with Crippen LogP contribution in [0.15, 0.2) is 42.7 Å². The number of aryl methyl sites for hydroxylation is 1. The third kappa shape index (κ3) is 5.65. The van der Waals surface area contributed by atoms with Crippen molar-refractivity contribution in [1.29, 1.82) is 0 Å². The number of phenols is 1. The van der Waals surface area contributed by atoms with Crippen LogP contribution in [0.4, 0.5) is 10.6 Å². The largest absolute Gasteiger partial charge is 0.507 e. The van der Waals surface area contributed by atoms with Crippen molar-refractivity contribution < 1.29 is 14.6 Å². The summed E-state index contributed by atoms with van der Waals surface area (Å²) in [5.41, 5.74) is 8.35. The van der Waals surface area contributed by atoms with E-state index >= 15 is 0 Å². The second kappa shape index (κ2) is 9.70. The van der Waals surface area contributed by atoms with Gasteiger partial charge in [0.05, 0.1) is 11.9 Å². The number of amides is 1. The summed E-state index contributed by atoms with van der Waals surface area (Å²) in [5, 5.41) is 22.9. The van der Waals surface area contributed by atoms with E-state index in [1.165, 1.54) is 0 Å². The lowest BCUT2D eigenvalue weighted by atomic mass is 9.94. The second-order valence-corrected chi connectivity index (χ2v) is 9.74. The van der Waals surface area contributed by atoms with Gasteiger partial charge < -0.3 is 20.5 Å². The van der Waals surface area contributed by atoms with E-state index in [9.17, 15) is 9.90 Å². The molecular weight excluding hydrogens is 432 g/mol. The molecule has 0 aliphatic carbocycles. The van der Waals surface area contributed by atoms with Gasteiger partial charge in [-0.3, -0.25) is 4.68 Å². The molecule has 2 aromatic heterocycles. The van der Waals surface area contributed by atoms with E-state index in [0.717, 1.165) is 50.0 Å². The summed E-state index contributed by atoms with van der Waals surface area (Å²) >= 11 is 0. The number of carbonyl (C=O) groups excluding carboxylic acids is 1. The molecule has 9 nitrogen and oxygen atoms in total. The number of nitrogens with two attached hydrogens (primary N) is 1. The molecule has 0 spiro atoms. The van der Waals surface area contributed by atoms with Gasteiger partial charge in [-0.05, 0) is 64.2 Å². The minimum atomic E-state index is -0.471.